The van der Waals surface area contributed by atoms with Crippen LogP contribution in [0, 0.1) is 0 Å². The third-order valence-corrected chi connectivity index (χ3v) is 6.13. The molecule has 1 saturated carbocycles. The van der Waals surface area contributed by atoms with Gasteiger partial charge in [-0.3, -0.25) is 0 Å². The fraction of sp³-hybridized carbons (Fsp3) is 0.458. The average molecular weight is 429 g/mol. The van der Waals surface area contributed by atoms with E-state index in [-0.39, 0.29) is 0 Å². The van der Waals surface area contributed by atoms with Crippen LogP contribution in [0.1, 0.15) is 43.7 Å². The minimum Gasteiger partial charge on any atom is -0.493 e. The topological polar surface area (TPSA) is 43.0 Å². The third kappa shape index (κ3) is 4.81. The predicted octanol–water partition coefficient (Wildman–Crippen LogP) is 5.42. The molecule has 0 unspecified atom stereocenters. The molecule has 2 aromatic carbocycles. The second-order valence-electron chi connectivity index (χ2n) is 7.50. The van der Waals surface area contributed by atoms with E-state index < -0.39 is 0 Å². The van der Waals surface area contributed by atoms with E-state index in [1.54, 1.807) is 21.3 Å². The molecule has 0 atom stereocenters. The summed E-state index contributed by atoms with van der Waals surface area (Å²) < 4.78 is 16.7. The highest BCUT2D eigenvalue weighted by Crippen LogP contribution is 2.41. The summed E-state index contributed by atoms with van der Waals surface area (Å²) in [4.78, 5) is 2.30. The minimum atomic E-state index is 0.414. The van der Waals surface area contributed by atoms with Gasteiger partial charge in [0, 0.05) is 23.8 Å². The molecule has 1 N–H and O–H groups in total. The summed E-state index contributed by atoms with van der Waals surface area (Å²) in [5, 5.41) is 4.26. The second-order valence-corrected chi connectivity index (χ2v) is 7.89. The fourth-order valence-corrected chi connectivity index (χ4v) is 4.52. The van der Waals surface area contributed by atoms with Crippen molar-refractivity contribution in [3.05, 3.63) is 47.5 Å². The minimum absolute atomic E-state index is 0.414. The van der Waals surface area contributed by atoms with E-state index in [1.807, 2.05) is 18.2 Å². The van der Waals surface area contributed by atoms with Crippen LogP contribution < -0.4 is 19.5 Å². The molecule has 0 bridgehead atoms. The van der Waals surface area contributed by atoms with Gasteiger partial charge >= 0.3 is 0 Å². The number of methoxy groups -OCH3 is 3. The monoisotopic (exact) mass is 428 g/mol. The Labute approximate surface area is 185 Å². The molecule has 0 heterocycles. The molecular weight excluding hydrogens is 396 g/mol. The van der Waals surface area contributed by atoms with Gasteiger partial charge in [-0.1, -0.05) is 38.0 Å². The summed E-state index contributed by atoms with van der Waals surface area (Å²) in [6.07, 6.45) is 5.72. The lowest BCUT2D eigenvalue weighted by Gasteiger charge is -2.33. The van der Waals surface area contributed by atoms with Crippen LogP contribution in [-0.2, 0) is 13.0 Å². The molecule has 3 rings (SSSR count). The second kappa shape index (κ2) is 10.5. The van der Waals surface area contributed by atoms with Crippen LogP contribution in [0.25, 0.3) is 0 Å². The normalized spacial score (nSPS) is 13.7. The Kier molecular flexibility index (Phi) is 7.80. The zero-order chi connectivity index (χ0) is 21.5. The molecule has 0 spiro atoms. The Balaban J connectivity index is 1.91. The smallest absolute Gasteiger partial charge is 0.203 e. The Hall–Kier alpha value is -2.47. The summed E-state index contributed by atoms with van der Waals surface area (Å²) in [7, 11) is 4.92. The van der Waals surface area contributed by atoms with Gasteiger partial charge in [0.2, 0.25) is 5.75 Å². The van der Waals surface area contributed by atoms with Crippen molar-refractivity contribution >= 4 is 23.0 Å². The van der Waals surface area contributed by atoms with Gasteiger partial charge in [0.1, 0.15) is 0 Å². The first-order valence-corrected chi connectivity index (χ1v) is 11.0. The standard InChI is InChI=1S/C24H32N2O3S/c1-5-17-10-6-9-13-20(17)25-24(30)26(19-11-7-8-12-19)16-18-14-15-21(27-2)23(29-4)22(18)28-3/h6,9-10,13-15,19H,5,7-8,11-12,16H2,1-4H3,(H,25,30). The number of nitrogens with zero attached hydrogens (tertiary/aromatic N) is 1. The summed E-state index contributed by atoms with van der Waals surface area (Å²) >= 11 is 5.91. The van der Waals surface area contributed by atoms with Gasteiger partial charge in [0.15, 0.2) is 16.6 Å². The van der Waals surface area contributed by atoms with Crippen LogP contribution in [0.15, 0.2) is 36.4 Å². The summed E-state index contributed by atoms with van der Waals surface area (Å²) in [5.41, 5.74) is 3.36. The number of thiocarbonyl (C=S) groups is 1. The van der Waals surface area contributed by atoms with Crippen molar-refractivity contribution in [1.82, 2.24) is 4.90 Å². The Morgan fingerprint density at radius 2 is 1.67 bits per heavy atom. The SMILES string of the molecule is CCc1ccccc1NC(=S)N(Cc1ccc(OC)c(OC)c1OC)C1CCCC1. The van der Waals surface area contributed by atoms with Crippen LogP contribution in [0.4, 0.5) is 5.69 Å². The molecule has 0 amide bonds. The highest BCUT2D eigenvalue weighted by atomic mass is 32.1. The molecule has 0 radical (unpaired) electrons. The Bertz CT molecular complexity index is 866. The maximum Gasteiger partial charge on any atom is 0.203 e. The number of hydrogen-bond acceptors (Lipinski definition) is 4. The molecule has 30 heavy (non-hydrogen) atoms. The maximum absolute atomic E-state index is 5.91. The van der Waals surface area contributed by atoms with Crippen LogP contribution in [-0.4, -0.2) is 37.4 Å². The lowest BCUT2D eigenvalue weighted by atomic mass is 10.1. The van der Waals surface area contributed by atoms with Crippen molar-refractivity contribution in [2.45, 2.75) is 51.6 Å². The van der Waals surface area contributed by atoms with Gasteiger partial charge in [-0.05, 0) is 55.2 Å². The molecule has 1 aliphatic carbocycles. The number of ether oxygens (including phenoxy) is 3. The zero-order valence-electron chi connectivity index (χ0n) is 18.4. The quantitative estimate of drug-likeness (QED) is 0.567. The van der Waals surface area contributed by atoms with Crippen molar-refractivity contribution in [2.24, 2.45) is 0 Å². The number of hydrogen-bond donors (Lipinski definition) is 1. The van der Waals surface area contributed by atoms with Crippen LogP contribution in [0.2, 0.25) is 0 Å². The summed E-state index contributed by atoms with van der Waals surface area (Å²) in [5.74, 6) is 1.96. The third-order valence-electron chi connectivity index (χ3n) is 5.79. The predicted molar refractivity (Wildman–Crippen MR) is 126 cm³/mol. The Morgan fingerprint density at radius 1 is 0.967 bits per heavy atom. The maximum atomic E-state index is 5.91. The van der Waals surface area contributed by atoms with Gasteiger partial charge in [0.05, 0.1) is 21.3 Å². The van der Waals surface area contributed by atoms with Gasteiger partial charge in [0.25, 0.3) is 0 Å². The van der Waals surface area contributed by atoms with Crippen molar-refractivity contribution in [3.8, 4) is 17.2 Å². The van der Waals surface area contributed by atoms with E-state index >= 15 is 0 Å². The van der Waals surface area contributed by atoms with Gasteiger partial charge < -0.3 is 24.4 Å². The number of benzene rings is 2. The van der Waals surface area contributed by atoms with Crippen LogP contribution >= 0.6 is 12.2 Å². The first-order chi connectivity index (χ1) is 14.6. The van der Waals surface area contributed by atoms with E-state index in [0.717, 1.165) is 35.6 Å². The van der Waals surface area contributed by atoms with E-state index in [4.69, 9.17) is 26.4 Å². The highest BCUT2D eigenvalue weighted by molar-refractivity contribution is 7.80. The lowest BCUT2D eigenvalue weighted by molar-refractivity contribution is 0.295. The van der Waals surface area contributed by atoms with Crippen LogP contribution in [0.3, 0.4) is 0 Å². The van der Waals surface area contributed by atoms with Crippen molar-refractivity contribution in [3.63, 3.8) is 0 Å². The van der Waals surface area contributed by atoms with Gasteiger partial charge in [-0.15, -0.1) is 0 Å². The number of nitrogens with one attached hydrogen (secondary N) is 1. The summed E-state index contributed by atoms with van der Waals surface area (Å²) in [6.45, 7) is 2.81. The fourth-order valence-electron chi connectivity index (χ4n) is 4.19. The van der Waals surface area contributed by atoms with E-state index in [9.17, 15) is 0 Å². The van der Waals surface area contributed by atoms with Crippen molar-refractivity contribution in [1.29, 1.82) is 0 Å². The average Bonchev–Trinajstić information content (AvgIpc) is 3.31. The molecule has 0 aliphatic heterocycles. The number of rotatable bonds is 8. The van der Waals surface area contributed by atoms with Crippen molar-refractivity contribution in [2.75, 3.05) is 26.6 Å². The van der Waals surface area contributed by atoms with Gasteiger partial charge in [-0.2, -0.15) is 0 Å². The Morgan fingerprint density at radius 3 is 2.30 bits per heavy atom. The molecule has 162 valence electrons. The lowest BCUT2D eigenvalue weighted by Crippen LogP contribution is -2.41. The molecule has 1 aliphatic rings. The first kappa shape index (κ1) is 22.2. The largest absolute Gasteiger partial charge is 0.493 e. The van der Waals surface area contributed by atoms with E-state index in [2.05, 4.69) is 35.3 Å². The van der Waals surface area contributed by atoms with E-state index in [0.29, 0.717) is 29.8 Å². The number of para-hydroxylation sites is 1. The summed E-state index contributed by atoms with van der Waals surface area (Å²) in [6, 6.07) is 12.7. The number of aryl methyl sites for hydroxylation is 1. The molecule has 6 heteroatoms. The zero-order valence-corrected chi connectivity index (χ0v) is 19.2. The van der Waals surface area contributed by atoms with Gasteiger partial charge in [-0.25, -0.2) is 0 Å². The van der Waals surface area contributed by atoms with E-state index in [1.165, 1.54) is 18.4 Å². The molecule has 2 aromatic rings. The van der Waals surface area contributed by atoms with Crippen LogP contribution in [0.5, 0.6) is 17.2 Å². The molecule has 0 aromatic heterocycles. The first-order valence-electron chi connectivity index (χ1n) is 10.6. The molecular formula is C24H32N2O3S. The van der Waals surface area contributed by atoms with Crippen molar-refractivity contribution < 1.29 is 14.2 Å². The molecule has 1 fully saturated rings. The molecule has 0 saturated heterocycles. The number of anilines is 1. The molecule has 5 nitrogen and oxygen atoms in total. The highest BCUT2D eigenvalue weighted by Gasteiger charge is 2.27.